The molecular weight excluding hydrogens is 232 g/mol. The average Bonchev–Trinajstić information content (AvgIpc) is 2.10. The van der Waals surface area contributed by atoms with Gasteiger partial charge in [0.25, 0.3) is 0 Å². The van der Waals surface area contributed by atoms with Crippen molar-refractivity contribution in [2.24, 2.45) is 0 Å². The molecule has 0 radical (unpaired) electrons. The average molecular weight is 251 g/mol. The van der Waals surface area contributed by atoms with Gasteiger partial charge >= 0.3 is 5.97 Å². The van der Waals surface area contributed by atoms with E-state index in [4.69, 9.17) is 5.11 Å². The Balaban J connectivity index is 3.11. The minimum absolute atomic E-state index is 0.348. The number of aliphatic carboxylic acids is 1. The zero-order chi connectivity index (χ0) is 10.1. The maximum atomic E-state index is 10.4. The topological polar surface area (TPSA) is 37.3 Å². The number of carboxylic acids is 1. The fourth-order valence-corrected chi connectivity index (χ4v) is 1.55. The molecule has 0 bridgehead atoms. The molecule has 1 N–H and O–H groups in total. The van der Waals surface area contributed by atoms with E-state index >= 15 is 0 Å². The first-order valence-corrected chi connectivity index (χ1v) is 5.97. The lowest BCUT2D eigenvalue weighted by Crippen LogP contribution is -2.11. The van der Waals surface area contributed by atoms with E-state index in [-0.39, 0.29) is 4.83 Å². The van der Waals surface area contributed by atoms with Gasteiger partial charge in [0.05, 0.1) is 0 Å². The number of hydrogen-bond donors (Lipinski definition) is 1. The number of halogens is 1. The standard InChI is InChI=1S/C10H19BrO2/c1-2-3-4-5-6-7-8-9(11)10(12)13/h9H,2-8H2,1H3,(H,12,13). The van der Waals surface area contributed by atoms with Crippen molar-refractivity contribution < 1.29 is 9.90 Å². The minimum Gasteiger partial charge on any atom is -0.480 e. The summed E-state index contributed by atoms with van der Waals surface area (Å²) in [5, 5.41) is 8.58. The van der Waals surface area contributed by atoms with Crippen LogP contribution in [0.15, 0.2) is 0 Å². The number of alkyl halides is 1. The molecule has 0 aromatic carbocycles. The molecule has 0 aromatic rings. The molecular formula is C10H19BrO2. The van der Waals surface area contributed by atoms with Gasteiger partial charge in [0, 0.05) is 0 Å². The van der Waals surface area contributed by atoms with Crippen LogP contribution >= 0.6 is 15.9 Å². The van der Waals surface area contributed by atoms with Gasteiger partial charge in [-0.25, -0.2) is 0 Å². The van der Waals surface area contributed by atoms with E-state index in [2.05, 4.69) is 22.9 Å². The van der Waals surface area contributed by atoms with Crippen molar-refractivity contribution in [1.29, 1.82) is 0 Å². The van der Waals surface area contributed by atoms with Gasteiger partial charge in [-0.1, -0.05) is 61.4 Å². The molecule has 0 aliphatic heterocycles. The Kier molecular flexibility index (Phi) is 8.51. The monoisotopic (exact) mass is 250 g/mol. The Hall–Kier alpha value is -0.0500. The van der Waals surface area contributed by atoms with Crippen LogP contribution in [0.3, 0.4) is 0 Å². The number of hydrogen-bond acceptors (Lipinski definition) is 1. The summed E-state index contributed by atoms with van der Waals surface area (Å²) in [6, 6.07) is 0. The molecule has 0 aliphatic rings. The van der Waals surface area contributed by atoms with Crippen LogP contribution in [0, 0.1) is 0 Å². The molecule has 1 atom stereocenters. The number of carbonyl (C=O) groups is 1. The molecule has 0 spiro atoms. The third-order valence-electron chi connectivity index (χ3n) is 2.08. The summed E-state index contributed by atoms with van der Waals surface area (Å²) in [5.41, 5.74) is 0. The summed E-state index contributed by atoms with van der Waals surface area (Å²) >= 11 is 3.13. The van der Waals surface area contributed by atoms with Gasteiger partial charge < -0.3 is 5.11 Å². The number of carboxylic acid groups (broad SMARTS) is 1. The molecule has 0 aliphatic carbocycles. The second-order valence-corrected chi connectivity index (χ2v) is 4.47. The summed E-state index contributed by atoms with van der Waals surface area (Å²) < 4.78 is 0. The highest BCUT2D eigenvalue weighted by molar-refractivity contribution is 9.10. The van der Waals surface area contributed by atoms with Crippen molar-refractivity contribution in [2.45, 2.75) is 56.7 Å². The molecule has 0 amide bonds. The molecule has 3 heteroatoms. The molecule has 0 saturated carbocycles. The zero-order valence-corrected chi connectivity index (χ0v) is 9.85. The molecule has 0 heterocycles. The van der Waals surface area contributed by atoms with Gasteiger partial charge in [-0.05, 0) is 6.42 Å². The molecule has 2 nitrogen and oxygen atoms in total. The Morgan fingerprint density at radius 1 is 1.23 bits per heavy atom. The van der Waals surface area contributed by atoms with Gasteiger partial charge in [0.1, 0.15) is 4.83 Å². The molecule has 0 aromatic heterocycles. The highest BCUT2D eigenvalue weighted by Crippen LogP contribution is 2.13. The lowest BCUT2D eigenvalue weighted by atomic mass is 10.1. The lowest BCUT2D eigenvalue weighted by molar-refractivity contribution is -0.136. The highest BCUT2D eigenvalue weighted by Gasteiger charge is 2.11. The van der Waals surface area contributed by atoms with Crippen LogP contribution in [0.25, 0.3) is 0 Å². The van der Waals surface area contributed by atoms with Crippen LogP contribution in [0.1, 0.15) is 51.9 Å². The SMILES string of the molecule is CCCCCCCCC(Br)C(=O)O. The summed E-state index contributed by atoms with van der Waals surface area (Å²) in [7, 11) is 0. The smallest absolute Gasteiger partial charge is 0.317 e. The van der Waals surface area contributed by atoms with E-state index in [9.17, 15) is 4.79 Å². The van der Waals surface area contributed by atoms with Crippen LogP contribution in [0.4, 0.5) is 0 Å². The van der Waals surface area contributed by atoms with E-state index < -0.39 is 5.97 Å². The fourth-order valence-electron chi connectivity index (χ4n) is 1.23. The predicted octanol–water partition coefficient (Wildman–Crippen LogP) is 3.59. The van der Waals surface area contributed by atoms with E-state index in [0.29, 0.717) is 0 Å². The van der Waals surface area contributed by atoms with E-state index in [1.54, 1.807) is 0 Å². The van der Waals surface area contributed by atoms with E-state index in [1.807, 2.05) is 0 Å². The first-order valence-electron chi connectivity index (χ1n) is 5.05. The van der Waals surface area contributed by atoms with Crippen molar-refractivity contribution in [3.8, 4) is 0 Å². The molecule has 0 saturated heterocycles. The summed E-state index contributed by atoms with van der Waals surface area (Å²) in [6.07, 6.45) is 8.03. The van der Waals surface area contributed by atoms with Crippen LogP contribution in [0.5, 0.6) is 0 Å². The Morgan fingerprint density at radius 3 is 2.31 bits per heavy atom. The number of unbranched alkanes of at least 4 members (excludes halogenated alkanes) is 5. The van der Waals surface area contributed by atoms with E-state index in [0.717, 1.165) is 19.3 Å². The molecule has 78 valence electrons. The summed E-state index contributed by atoms with van der Waals surface area (Å²) in [4.78, 5) is 10.1. The predicted molar refractivity (Wildman–Crippen MR) is 58.3 cm³/mol. The largest absolute Gasteiger partial charge is 0.480 e. The quantitative estimate of drug-likeness (QED) is 0.528. The van der Waals surface area contributed by atoms with Crippen LogP contribution in [-0.4, -0.2) is 15.9 Å². The Labute approximate surface area is 88.8 Å². The summed E-state index contributed by atoms with van der Waals surface area (Å²) in [6.45, 7) is 2.19. The van der Waals surface area contributed by atoms with Crippen LogP contribution in [0.2, 0.25) is 0 Å². The van der Waals surface area contributed by atoms with Gasteiger partial charge in [0.2, 0.25) is 0 Å². The molecule has 0 rings (SSSR count). The van der Waals surface area contributed by atoms with Crippen molar-refractivity contribution >= 4 is 21.9 Å². The second-order valence-electron chi connectivity index (χ2n) is 3.36. The van der Waals surface area contributed by atoms with Gasteiger partial charge in [-0.2, -0.15) is 0 Å². The van der Waals surface area contributed by atoms with Crippen LogP contribution < -0.4 is 0 Å². The highest BCUT2D eigenvalue weighted by atomic mass is 79.9. The maximum absolute atomic E-state index is 10.4. The van der Waals surface area contributed by atoms with Gasteiger partial charge in [-0.3, -0.25) is 4.79 Å². The maximum Gasteiger partial charge on any atom is 0.317 e. The van der Waals surface area contributed by atoms with Crippen molar-refractivity contribution in [2.75, 3.05) is 0 Å². The van der Waals surface area contributed by atoms with Gasteiger partial charge in [-0.15, -0.1) is 0 Å². The molecule has 1 unspecified atom stereocenters. The van der Waals surface area contributed by atoms with E-state index in [1.165, 1.54) is 25.7 Å². The minimum atomic E-state index is -0.742. The van der Waals surface area contributed by atoms with Gasteiger partial charge in [0.15, 0.2) is 0 Å². The first kappa shape index (κ1) is 12.9. The second kappa shape index (κ2) is 8.54. The van der Waals surface area contributed by atoms with Crippen LogP contribution in [-0.2, 0) is 4.79 Å². The lowest BCUT2D eigenvalue weighted by Gasteiger charge is -2.03. The fraction of sp³-hybridized carbons (Fsp3) is 0.900. The van der Waals surface area contributed by atoms with Crippen molar-refractivity contribution in [3.05, 3.63) is 0 Å². The summed E-state index contributed by atoms with van der Waals surface area (Å²) in [5.74, 6) is -0.742. The third kappa shape index (κ3) is 8.28. The number of rotatable bonds is 8. The van der Waals surface area contributed by atoms with Crippen molar-refractivity contribution in [1.82, 2.24) is 0 Å². The molecule has 13 heavy (non-hydrogen) atoms. The zero-order valence-electron chi connectivity index (χ0n) is 8.26. The first-order chi connectivity index (χ1) is 6.18. The normalized spacial score (nSPS) is 12.8. The van der Waals surface area contributed by atoms with Crippen molar-refractivity contribution in [3.63, 3.8) is 0 Å². The Bertz CT molecular complexity index is 137. The molecule has 0 fully saturated rings. The third-order valence-corrected chi connectivity index (χ3v) is 2.93. The Morgan fingerprint density at radius 2 is 1.77 bits per heavy atom.